The van der Waals surface area contributed by atoms with Crippen LogP contribution < -0.4 is 9.64 Å². The monoisotopic (exact) mass is 780 g/mol. The Bertz CT molecular complexity index is 1780. The van der Waals surface area contributed by atoms with Crippen molar-refractivity contribution in [2.24, 2.45) is 11.3 Å². The zero-order valence-corrected chi connectivity index (χ0v) is 34.4. The topological polar surface area (TPSA) is 113 Å². The van der Waals surface area contributed by atoms with Gasteiger partial charge >= 0.3 is 5.97 Å². The normalized spacial score (nSPS) is 19.8. The molecule has 5 rings (SSSR count). The molecule has 3 aromatic rings. The van der Waals surface area contributed by atoms with Gasteiger partial charge in [0.15, 0.2) is 0 Å². The van der Waals surface area contributed by atoms with Crippen LogP contribution in [0.25, 0.3) is 0 Å². The van der Waals surface area contributed by atoms with Crippen molar-refractivity contribution in [3.63, 3.8) is 0 Å². The average Bonchev–Trinajstić information content (AvgIpc) is 3.17. The van der Waals surface area contributed by atoms with Crippen LogP contribution in [0.2, 0.25) is 0 Å². The summed E-state index contributed by atoms with van der Waals surface area (Å²) in [5, 5.41) is 0. The maximum Gasteiger partial charge on any atom is 0.311 e. The molecule has 0 amide bonds. The highest BCUT2D eigenvalue weighted by Gasteiger charge is 2.46. The molecule has 2 heterocycles. The first-order valence-corrected chi connectivity index (χ1v) is 20.7. The molecular formula is C43H60N2O9S. The summed E-state index contributed by atoms with van der Waals surface area (Å²) in [6.07, 6.45) is 1.15. The number of rotatable bonds is 19. The van der Waals surface area contributed by atoms with Crippen LogP contribution >= 0.6 is 0 Å². The number of sulfonamides is 1. The summed E-state index contributed by atoms with van der Waals surface area (Å²) < 4.78 is 65.1. The first kappa shape index (κ1) is 42.6. The van der Waals surface area contributed by atoms with E-state index >= 15 is 0 Å². The summed E-state index contributed by atoms with van der Waals surface area (Å²) in [5.74, 6) is 0.584. The predicted octanol–water partition coefficient (Wildman–Crippen LogP) is 6.75. The number of hydrogen-bond donors (Lipinski definition) is 0. The summed E-state index contributed by atoms with van der Waals surface area (Å²) >= 11 is 0. The van der Waals surface area contributed by atoms with Gasteiger partial charge in [0.2, 0.25) is 10.0 Å². The Balaban J connectivity index is 1.46. The minimum atomic E-state index is -3.97. The van der Waals surface area contributed by atoms with Gasteiger partial charge in [-0.15, -0.1) is 0 Å². The number of anilines is 1. The highest BCUT2D eigenvalue weighted by Crippen LogP contribution is 2.42. The van der Waals surface area contributed by atoms with Crippen molar-refractivity contribution in [2.45, 2.75) is 83.1 Å². The highest BCUT2D eigenvalue weighted by atomic mass is 32.2. The van der Waals surface area contributed by atoms with Gasteiger partial charge in [-0.3, -0.25) is 4.79 Å². The third-order valence-corrected chi connectivity index (χ3v) is 12.5. The van der Waals surface area contributed by atoms with Crippen molar-refractivity contribution in [3.05, 3.63) is 89.0 Å². The van der Waals surface area contributed by atoms with E-state index in [1.54, 1.807) is 30.7 Å². The molecule has 1 unspecified atom stereocenters. The highest BCUT2D eigenvalue weighted by molar-refractivity contribution is 7.89. The molecule has 0 saturated carbocycles. The lowest BCUT2D eigenvalue weighted by Gasteiger charge is -2.45. The number of ether oxygens (including phenoxy) is 6. The Labute approximate surface area is 328 Å². The third kappa shape index (κ3) is 11.1. The first-order chi connectivity index (χ1) is 26.4. The van der Waals surface area contributed by atoms with Crippen LogP contribution in [0.5, 0.6) is 5.75 Å². The number of hydrogen-bond acceptors (Lipinski definition) is 10. The average molecular weight is 781 g/mol. The van der Waals surface area contributed by atoms with Gasteiger partial charge in [-0.1, -0.05) is 55.0 Å². The lowest BCUT2D eigenvalue weighted by atomic mass is 9.77. The Morgan fingerprint density at radius 2 is 1.67 bits per heavy atom. The molecule has 0 spiro atoms. The predicted molar refractivity (Wildman–Crippen MR) is 213 cm³/mol. The van der Waals surface area contributed by atoms with E-state index in [0.717, 1.165) is 53.2 Å². The SMILES string of the molecule is COCCCN1CCOc2ccc(CO[C@H]3CN(S(=O)(=O)c4ccc(C)cc4)[C@@H](CC(C)(C)C(=O)OC)C[C@@H]3c3ccc(COCC(C)COC)cc3)cc21. The molecule has 0 radical (unpaired) electrons. The largest absolute Gasteiger partial charge is 0.490 e. The summed E-state index contributed by atoms with van der Waals surface area (Å²) in [6.45, 7) is 12.7. The summed E-state index contributed by atoms with van der Waals surface area (Å²) in [5.41, 5.74) is 4.11. The fraction of sp³-hybridized carbons (Fsp3) is 0.558. The van der Waals surface area contributed by atoms with Crippen molar-refractivity contribution in [3.8, 4) is 5.75 Å². The van der Waals surface area contributed by atoms with Crippen LogP contribution in [-0.4, -0.2) is 98.2 Å². The molecule has 12 heteroatoms. The first-order valence-electron chi connectivity index (χ1n) is 19.3. The number of fused-ring (bicyclic) bond motifs is 1. The van der Waals surface area contributed by atoms with Crippen LogP contribution in [0, 0.1) is 18.3 Å². The van der Waals surface area contributed by atoms with E-state index in [4.69, 9.17) is 28.4 Å². The number of esters is 1. The number of methoxy groups -OCH3 is 3. The molecule has 1 saturated heterocycles. The van der Waals surface area contributed by atoms with E-state index in [9.17, 15) is 13.2 Å². The van der Waals surface area contributed by atoms with Crippen LogP contribution in [0.15, 0.2) is 71.6 Å². The lowest BCUT2D eigenvalue weighted by molar-refractivity contribution is -0.152. The van der Waals surface area contributed by atoms with E-state index in [-0.39, 0.29) is 42.3 Å². The molecule has 4 atom stereocenters. The van der Waals surface area contributed by atoms with E-state index < -0.39 is 27.6 Å². The van der Waals surface area contributed by atoms with Crippen molar-refractivity contribution < 1.29 is 41.6 Å². The van der Waals surface area contributed by atoms with Gasteiger partial charge in [0, 0.05) is 51.8 Å². The van der Waals surface area contributed by atoms with E-state index in [2.05, 4.69) is 42.2 Å². The van der Waals surface area contributed by atoms with Gasteiger partial charge in [0.05, 0.1) is 62.2 Å². The molecule has 55 heavy (non-hydrogen) atoms. The second-order valence-electron chi connectivity index (χ2n) is 15.6. The minimum absolute atomic E-state index is 0.113. The summed E-state index contributed by atoms with van der Waals surface area (Å²) in [7, 11) is 0.803. The van der Waals surface area contributed by atoms with Gasteiger partial charge in [0.25, 0.3) is 0 Å². The summed E-state index contributed by atoms with van der Waals surface area (Å²) in [6, 6.07) is 20.9. The molecule has 0 aromatic heterocycles. The third-order valence-electron chi connectivity index (χ3n) is 10.6. The lowest BCUT2D eigenvalue weighted by Crippen LogP contribution is -2.54. The smallest absolute Gasteiger partial charge is 0.311 e. The maximum atomic E-state index is 14.5. The molecule has 0 aliphatic carbocycles. The molecule has 302 valence electrons. The van der Waals surface area contributed by atoms with E-state index in [1.807, 2.05) is 45.0 Å². The van der Waals surface area contributed by atoms with Crippen molar-refractivity contribution in [2.75, 3.05) is 72.3 Å². The van der Waals surface area contributed by atoms with Crippen LogP contribution in [0.3, 0.4) is 0 Å². The van der Waals surface area contributed by atoms with Gasteiger partial charge in [-0.2, -0.15) is 4.31 Å². The number of aryl methyl sites for hydroxylation is 1. The van der Waals surface area contributed by atoms with Gasteiger partial charge in [-0.05, 0) is 81.0 Å². The molecule has 11 nitrogen and oxygen atoms in total. The maximum absolute atomic E-state index is 14.5. The Morgan fingerprint density at radius 1 is 0.945 bits per heavy atom. The second kappa shape index (κ2) is 19.6. The molecular weight excluding hydrogens is 721 g/mol. The van der Waals surface area contributed by atoms with E-state index in [1.165, 1.54) is 7.11 Å². The zero-order valence-electron chi connectivity index (χ0n) is 33.6. The number of carbonyl (C=O) groups is 1. The number of nitrogens with zero attached hydrogens (tertiary/aromatic N) is 2. The van der Waals surface area contributed by atoms with Gasteiger partial charge in [-0.25, -0.2) is 8.42 Å². The molecule has 0 bridgehead atoms. The van der Waals surface area contributed by atoms with Crippen LogP contribution in [-0.2, 0) is 51.7 Å². The van der Waals surface area contributed by atoms with E-state index in [0.29, 0.717) is 39.5 Å². The van der Waals surface area contributed by atoms with Gasteiger partial charge < -0.3 is 33.3 Å². The fourth-order valence-electron chi connectivity index (χ4n) is 7.62. The molecule has 2 aliphatic rings. The number of carbonyl (C=O) groups excluding carboxylic acids is 1. The minimum Gasteiger partial charge on any atom is -0.490 e. The number of benzene rings is 3. The molecule has 2 aliphatic heterocycles. The van der Waals surface area contributed by atoms with Crippen molar-refractivity contribution in [1.82, 2.24) is 4.31 Å². The molecule has 3 aromatic carbocycles. The second-order valence-corrected chi connectivity index (χ2v) is 17.5. The Morgan fingerprint density at radius 3 is 2.36 bits per heavy atom. The fourth-order valence-corrected chi connectivity index (χ4v) is 9.27. The Hall–Kier alpha value is -3.52. The standard InChI is InChI=1S/C43H60N2O9S/c1-31-9-16-37(17-10-31)55(47,48)45-26-41(54-30-34-13-18-40-39(23-34)44(20-22-53-40)19-8-21-49-5)38(24-36(45)25-43(3,4)42(46)51-7)35-14-11-33(12-15-35)29-52-28-32(2)27-50-6/h9-18,23,32,36,38,41H,8,19-22,24-30H2,1-7H3/t32?,36-,38-,41+/m1/s1. The quantitative estimate of drug-likeness (QED) is 0.0957. The van der Waals surface area contributed by atoms with Crippen LogP contribution in [0.1, 0.15) is 68.2 Å². The van der Waals surface area contributed by atoms with Crippen molar-refractivity contribution in [1.29, 1.82) is 0 Å². The molecule has 1 fully saturated rings. The Kier molecular flexibility index (Phi) is 15.2. The van der Waals surface area contributed by atoms with Crippen molar-refractivity contribution >= 4 is 21.7 Å². The zero-order chi connectivity index (χ0) is 39.6. The number of piperidine rings is 1. The molecule has 0 N–H and O–H groups in total. The van der Waals surface area contributed by atoms with Crippen LogP contribution in [0.4, 0.5) is 5.69 Å². The van der Waals surface area contributed by atoms with Gasteiger partial charge in [0.1, 0.15) is 12.4 Å². The summed E-state index contributed by atoms with van der Waals surface area (Å²) in [4.78, 5) is 15.5.